The molecule has 96 valence electrons. The summed E-state index contributed by atoms with van der Waals surface area (Å²) in [6.45, 7) is 2.54. The van der Waals surface area contributed by atoms with E-state index in [0.29, 0.717) is 17.1 Å². The van der Waals surface area contributed by atoms with Crippen molar-refractivity contribution in [1.29, 1.82) is 0 Å². The van der Waals surface area contributed by atoms with Crippen molar-refractivity contribution in [1.82, 2.24) is 10.3 Å². The van der Waals surface area contributed by atoms with Crippen molar-refractivity contribution in [3.63, 3.8) is 0 Å². The minimum atomic E-state index is -0.456. The van der Waals surface area contributed by atoms with Gasteiger partial charge in [0, 0.05) is 34.2 Å². The first-order valence-corrected chi connectivity index (χ1v) is 6.97. The van der Waals surface area contributed by atoms with E-state index < -0.39 is 5.82 Å². The molecule has 0 radical (unpaired) electrons. The zero-order valence-electron chi connectivity index (χ0n) is 9.58. The fourth-order valence-corrected chi connectivity index (χ4v) is 2.87. The highest BCUT2D eigenvalue weighted by Crippen LogP contribution is 2.32. The summed E-state index contributed by atoms with van der Waals surface area (Å²) in [5.74, 6) is -0.456. The Bertz CT molecular complexity index is 531. The predicted octanol–water partition coefficient (Wildman–Crippen LogP) is 4.44. The maximum atomic E-state index is 13.4. The molecule has 0 fully saturated rings. The van der Waals surface area contributed by atoms with Gasteiger partial charge in [0.25, 0.3) is 0 Å². The van der Waals surface area contributed by atoms with E-state index in [9.17, 15) is 4.39 Å². The number of nitrogens with one attached hydrogen (secondary N) is 1. The van der Waals surface area contributed by atoms with Crippen LogP contribution in [0.25, 0.3) is 0 Å². The molecule has 1 unspecified atom stereocenters. The lowest BCUT2D eigenvalue weighted by Gasteiger charge is -2.17. The fraction of sp³-hybridized carbons (Fsp3) is 0.250. The van der Waals surface area contributed by atoms with Gasteiger partial charge < -0.3 is 5.32 Å². The van der Waals surface area contributed by atoms with Crippen LogP contribution in [0.15, 0.2) is 23.8 Å². The second-order valence-electron chi connectivity index (χ2n) is 3.83. The zero-order chi connectivity index (χ0) is 13.1. The molecule has 0 aliphatic carbocycles. The molecular formula is C12H11Cl2FN2S. The number of hydrogen-bond acceptors (Lipinski definition) is 3. The van der Waals surface area contributed by atoms with E-state index in [1.54, 1.807) is 23.0 Å². The van der Waals surface area contributed by atoms with Gasteiger partial charge in [0.05, 0.1) is 10.5 Å². The summed E-state index contributed by atoms with van der Waals surface area (Å²) in [4.78, 5) is 5.09. The topological polar surface area (TPSA) is 24.9 Å². The number of halogens is 3. The third-order valence-electron chi connectivity index (χ3n) is 2.58. The number of hydrogen-bond donors (Lipinski definition) is 1. The van der Waals surface area contributed by atoms with E-state index in [1.807, 2.05) is 6.92 Å². The molecule has 0 spiro atoms. The van der Waals surface area contributed by atoms with Gasteiger partial charge in [-0.3, -0.25) is 4.98 Å². The van der Waals surface area contributed by atoms with Crippen molar-refractivity contribution >= 4 is 34.5 Å². The Kier molecular flexibility index (Phi) is 4.56. The number of thiazole rings is 1. The average molecular weight is 305 g/mol. The van der Waals surface area contributed by atoms with E-state index in [-0.39, 0.29) is 11.1 Å². The van der Waals surface area contributed by atoms with Gasteiger partial charge in [-0.15, -0.1) is 11.3 Å². The summed E-state index contributed by atoms with van der Waals surface area (Å²) in [6, 6.07) is 2.65. The van der Waals surface area contributed by atoms with E-state index in [4.69, 9.17) is 23.2 Å². The van der Waals surface area contributed by atoms with Gasteiger partial charge in [0.1, 0.15) is 5.82 Å². The van der Waals surface area contributed by atoms with E-state index in [0.717, 1.165) is 4.88 Å². The normalized spacial score (nSPS) is 12.7. The third-order valence-corrected chi connectivity index (χ3v) is 4.07. The quantitative estimate of drug-likeness (QED) is 0.845. The molecule has 1 atom stereocenters. The molecule has 2 rings (SSSR count). The lowest BCUT2D eigenvalue weighted by atomic mass is 10.1. The molecule has 0 amide bonds. The molecule has 1 N–H and O–H groups in total. The van der Waals surface area contributed by atoms with Crippen molar-refractivity contribution < 1.29 is 4.39 Å². The van der Waals surface area contributed by atoms with Gasteiger partial charge >= 0.3 is 0 Å². The Hall–Kier alpha value is -0.680. The molecular weight excluding hydrogens is 294 g/mol. The monoisotopic (exact) mass is 304 g/mol. The van der Waals surface area contributed by atoms with E-state index in [2.05, 4.69) is 10.3 Å². The zero-order valence-corrected chi connectivity index (χ0v) is 11.9. The molecule has 2 nitrogen and oxygen atoms in total. The minimum absolute atomic E-state index is 0.0757. The van der Waals surface area contributed by atoms with Crippen LogP contribution in [0.1, 0.15) is 23.4 Å². The van der Waals surface area contributed by atoms with Crippen LogP contribution < -0.4 is 5.32 Å². The molecule has 0 bridgehead atoms. The molecule has 2 aromatic rings. The number of nitrogens with zero attached hydrogens (tertiary/aromatic N) is 1. The van der Waals surface area contributed by atoms with E-state index >= 15 is 0 Å². The largest absolute Gasteiger partial charge is 0.305 e. The summed E-state index contributed by atoms with van der Waals surface area (Å²) in [7, 11) is 0. The van der Waals surface area contributed by atoms with Gasteiger partial charge in [-0.05, 0) is 19.1 Å². The van der Waals surface area contributed by atoms with E-state index in [1.165, 1.54) is 12.1 Å². The van der Waals surface area contributed by atoms with Crippen LogP contribution in [-0.2, 0) is 6.54 Å². The molecule has 0 saturated carbocycles. The van der Waals surface area contributed by atoms with Gasteiger partial charge in [0.2, 0.25) is 0 Å². The second-order valence-corrected chi connectivity index (χ2v) is 5.58. The van der Waals surface area contributed by atoms with Gasteiger partial charge in [-0.25, -0.2) is 4.39 Å². The smallest absolute Gasteiger partial charge is 0.142 e. The summed E-state index contributed by atoms with van der Waals surface area (Å²) < 4.78 is 13.4. The Morgan fingerprint density at radius 1 is 1.44 bits per heavy atom. The second kappa shape index (κ2) is 5.97. The molecule has 0 saturated heterocycles. The molecule has 1 aromatic carbocycles. The first-order chi connectivity index (χ1) is 8.59. The van der Waals surface area contributed by atoms with Crippen LogP contribution in [-0.4, -0.2) is 4.98 Å². The summed E-state index contributed by atoms with van der Waals surface area (Å²) in [6.07, 6.45) is 1.79. The van der Waals surface area contributed by atoms with Crippen molar-refractivity contribution in [2.45, 2.75) is 19.5 Å². The highest BCUT2D eigenvalue weighted by Gasteiger charge is 2.16. The summed E-state index contributed by atoms with van der Waals surface area (Å²) >= 11 is 13.6. The summed E-state index contributed by atoms with van der Waals surface area (Å²) in [5, 5.41) is 3.78. The Morgan fingerprint density at radius 2 is 2.22 bits per heavy atom. The Balaban J connectivity index is 2.13. The van der Waals surface area contributed by atoms with Crippen LogP contribution in [0.5, 0.6) is 0 Å². The van der Waals surface area contributed by atoms with Crippen LogP contribution in [0.2, 0.25) is 10.0 Å². The average Bonchev–Trinajstić information content (AvgIpc) is 2.85. The molecule has 0 aliphatic rings. The first-order valence-electron chi connectivity index (χ1n) is 5.33. The number of rotatable bonds is 4. The van der Waals surface area contributed by atoms with Crippen LogP contribution in [0.4, 0.5) is 4.39 Å². The highest BCUT2D eigenvalue weighted by atomic mass is 35.5. The predicted molar refractivity (Wildman–Crippen MR) is 73.8 cm³/mol. The molecule has 0 aliphatic heterocycles. The molecule has 6 heteroatoms. The maximum absolute atomic E-state index is 13.4. The van der Waals surface area contributed by atoms with Crippen molar-refractivity contribution in [2.75, 3.05) is 0 Å². The lowest BCUT2D eigenvalue weighted by Crippen LogP contribution is -2.18. The van der Waals surface area contributed by atoms with Gasteiger partial charge in [-0.1, -0.05) is 23.2 Å². The molecule has 1 aromatic heterocycles. The van der Waals surface area contributed by atoms with Crippen LogP contribution in [0, 0.1) is 5.82 Å². The standard InChI is InChI=1S/C12H11Cl2FN2S/c1-7(17-5-8-4-16-6-18-8)11-9(13)2-3-10(15)12(11)14/h2-4,6-7,17H,5H2,1H3. The van der Waals surface area contributed by atoms with Crippen LogP contribution >= 0.6 is 34.5 Å². The van der Waals surface area contributed by atoms with Crippen LogP contribution in [0.3, 0.4) is 0 Å². The maximum Gasteiger partial charge on any atom is 0.142 e. The first kappa shape index (κ1) is 13.7. The van der Waals surface area contributed by atoms with Crippen molar-refractivity contribution in [3.8, 4) is 0 Å². The number of benzene rings is 1. The van der Waals surface area contributed by atoms with Crippen molar-refractivity contribution in [2.24, 2.45) is 0 Å². The lowest BCUT2D eigenvalue weighted by molar-refractivity contribution is 0.568. The third kappa shape index (κ3) is 3.01. The fourth-order valence-electron chi connectivity index (χ4n) is 1.62. The van der Waals surface area contributed by atoms with Crippen molar-refractivity contribution in [3.05, 3.63) is 50.1 Å². The number of aromatic nitrogens is 1. The Labute approximate surface area is 119 Å². The molecule has 18 heavy (non-hydrogen) atoms. The summed E-state index contributed by atoms with van der Waals surface area (Å²) in [5.41, 5.74) is 2.35. The SMILES string of the molecule is CC(NCc1cncs1)c1c(Cl)ccc(F)c1Cl. The Morgan fingerprint density at radius 3 is 2.89 bits per heavy atom. The molecule has 1 heterocycles. The minimum Gasteiger partial charge on any atom is -0.305 e. The van der Waals surface area contributed by atoms with Gasteiger partial charge in [0.15, 0.2) is 0 Å². The van der Waals surface area contributed by atoms with Gasteiger partial charge in [-0.2, -0.15) is 0 Å². The highest BCUT2D eigenvalue weighted by molar-refractivity contribution is 7.09.